The van der Waals surface area contributed by atoms with Gasteiger partial charge in [0.2, 0.25) is 12.7 Å². The molecule has 0 atom stereocenters. The van der Waals surface area contributed by atoms with Gasteiger partial charge >= 0.3 is 0 Å². The first kappa shape index (κ1) is 13.0. The molecule has 0 fully saturated rings. The van der Waals surface area contributed by atoms with Crippen LogP contribution in [0.3, 0.4) is 0 Å². The Bertz CT molecular complexity index is 657. The number of amides is 1. The summed E-state index contributed by atoms with van der Waals surface area (Å²) in [5, 5.41) is 2.85. The summed E-state index contributed by atoms with van der Waals surface area (Å²) in [6.07, 6.45) is 0.327. The van der Waals surface area contributed by atoms with Crippen molar-refractivity contribution in [2.24, 2.45) is 0 Å². The number of ether oxygens (including phenoxy) is 2. The Hall–Kier alpha value is -2.01. The van der Waals surface area contributed by atoms with Crippen molar-refractivity contribution in [2.75, 3.05) is 12.1 Å². The summed E-state index contributed by atoms with van der Waals surface area (Å²) < 4.78 is 11.5. The van der Waals surface area contributed by atoms with Gasteiger partial charge in [-0.25, -0.2) is 0 Å². The number of nitrogens with one attached hydrogen (secondary N) is 1. The normalized spacial score (nSPS) is 12.2. The quantitative estimate of drug-likeness (QED) is 0.936. The minimum Gasteiger partial charge on any atom is -0.454 e. The smallest absolute Gasteiger partial charge is 0.231 e. The molecule has 0 saturated carbocycles. The molecule has 2 aromatic carbocycles. The van der Waals surface area contributed by atoms with Gasteiger partial charge in [0.1, 0.15) is 0 Å². The van der Waals surface area contributed by atoms with Crippen LogP contribution in [0.1, 0.15) is 5.56 Å². The number of halogens is 1. The molecule has 1 N–H and O–H groups in total. The molecular weight excluding hydrogens is 322 g/mol. The average Bonchev–Trinajstić information content (AvgIpc) is 2.86. The Balaban J connectivity index is 1.67. The summed E-state index contributed by atoms with van der Waals surface area (Å²) in [6, 6.07) is 13.0. The maximum atomic E-state index is 12.0. The Morgan fingerprint density at radius 2 is 2.00 bits per heavy atom. The number of benzene rings is 2. The van der Waals surface area contributed by atoms with E-state index in [4.69, 9.17) is 9.47 Å². The van der Waals surface area contributed by atoms with Crippen LogP contribution in [0.4, 0.5) is 5.69 Å². The van der Waals surface area contributed by atoms with Crippen LogP contribution < -0.4 is 14.8 Å². The molecule has 0 bridgehead atoms. The topological polar surface area (TPSA) is 47.6 Å². The van der Waals surface area contributed by atoms with Crippen molar-refractivity contribution in [1.29, 1.82) is 0 Å². The first-order valence-electron chi connectivity index (χ1n) is 6.15. The van der Waals surface area contributed by atoms with Gasteiger partial charge in [0.15, 0.2) is 11.5 Å². The lowest BCUT2D eigenvalue weighted by atomic mass is 10.1. The van der Waals surface area contributed by atoms with Gasteiger partial charge in [-0.15, -0.1) is 0 Å². The zero-order chi connectivity index (χ0) is 13.9. The maximum absolute atomic E-state index is 12.0. The zero-order valence-corrected chi connectivity index (χ0v) is 12.1. The van der Waals surface area contributed by atoms with Crippen LogP contribution in [0.2, 0.25) is 0 Å². The van der Waals surface area contributed by atoms with E-state index in [0.717, 1.165) is 10.0 Å². The number of rotatable bonds is 3. The van der Waals surface area contributed by atoms with Gasteiger partial charge in [-0.3, -0.25) is 4.79 Å². The molecule has 1 amide bonds. The summed E-state index contributed by atoms with van der Waals surface area (Å²) in [4.78, 5) is 12.0. The van der Waals surface area contributed by atoms with E-state index in [1.54, 1.807) is 18.2 Å². The van der Waals surface area contributed by atoms with Crippen molar-refractivity contribution in [3.05, 3.63) is 52.5 Å². The Morgan fingerprint density at radius 3 is 2.85 bits per heavy atom. The Kier molecular flexibility index (Phi) is 3.60. The summed E-state index contributed by atoms with van der Waals surface area (Å²) >= 11 is 3.39. The monoisotopic (exact) mass is 333 g/mol. The van der Waals surface area contributed by atoms with Crippen LogP contribution in [0, 0.1) is 0 Å². The number of hydrogen-bond donors (Lipinski definition) is 1. The molecule has 4 nitrogen and oxygen atoms in total. The Morgan fingerprint density at radius 1 is 1.15 bits per heavy atom. The van der Waals surface area contributed by atoms with E-state index >= 15 is 0 Å². The highest BCUT2D eigenvalue weighted by Crippen LogP contribution is 2.34. The van der Waals surface area contributed by atoms with Crippen molar-refractivity contribution in [2.45, 2.75) is 6.42 Å². The standard InChI is InChI=1S/C15H12BrNO3/c16-11-3-1-2-10(6-11)7-15(18)17-12-4-5-13-14(8-12)20-9-19-13/h1-6,8H,7,9H2,(H,17,18). The highest BCUT2D eigenvalue weighted by Gasteiger charge is 2.14. The third-order valence-corrected chi connectivity index (χ3v) is 3.40. The lowest BCUT2D eigenvalue weighted by Crippen LogP contribution is -2.14. The lowest BCUT2D eigenvalue weighted by Gasteiger charge is -2.06. The second kappa shape index (κ2) is 5.54. The molecule has 1 aliphatic rings. The molecule has 0 radical (unpaired) electrons. The van der Waals surface area contributed by atoms with Crippen LogP contribution in [0.5, 0.6) is 11.5 Å². The molecule has 0 aromatic heterocycles. The fourth-order valence-corrected chi connectivity index (χ4v) is 2.46. The zero-order valence-electron chi connectivity index (χ0n) is 10.6. The minimum absolute atomic E-state index is 0.0676. The first-order valence-corrected chi connectivity index (χ1v) is 6.94. The van der Waals surface area contributed by atoms with Crippen LogP contribution in [0.25, 0.3) is 0 Å². The number of anilines is 1. The van der Waals surface area contributed by atoms with E-state index < -0.39 is 0 Å². The number of carbonyl (C=O) groups excluding carboxylic acids is 1. The Labute approximate surface area is 124 Å². The second-order valence-corrected chi connectivity index (χ2v) is 5.34. The van der Waals surface area contributed by atoms with Crippen LogP contribution >= 0.6 is 15.9 Å². The van der Waals surface area contributed by atoms with Crippen molar-refractivity contribution < 1.29 is 14.3 Å². The number of fused-ring (bicyclic) bond motifs is 1. The fraction of sp³-hybridized carbons (Fsp3) is 0.133. The molecule has 0 saturated heterocycles. The minimum atomic E-state index is -0.0676. The van der Waals surface area contributed by atoms with Crippen molar-refractivity contribution in [3.8, 4) is 11.5 Å². The molecular formula is C15H12BrNO3. The molecule has 3 rings (SSSR count). The molecule has 102 valence electrons. The van der Waals surface area contributed by atoms with Crippen molar-refractivity contribution in [1.82, 2.24) is 0 Å². The molecule has 2 aromatic rings. The maximum Gasteiger partial charge on any atom is 0.231 e. The van der Waals surface area contributed by atoms with Gasteiger partial charge in [-0.2, -0.15) is 0 Å². The molecule has 0 spiro atoms. The van der Waals surface area contributed by atoms with Gasteiger partial charge in [-0.1, -0.05) is 28.1 Å². The summed E-state index contributed by atoms with van der Waals surface area (Å²) in [5.74, 6) is 1.29. The SMILES string of the molecule is O=C(Cc1cccc(Br)c1)Nc1ccc2c(c1)OCO2. The van der Waals surface area contributed by atoms with Crippen LogP contribution in [-0.2, 0) is 11.2 Å². The van der Waals surface area contributed by atoms with Gasteiger partial charge < -0.3 is 14.8 Å². The second-order valence-electron chi connectivity index (χ2n) is 4.42. The van der Waals surface area contributed by atoms with Gasteiger partial charge in [0.05, 0.1) is 6.42 Å². The highest BCUT2D eigenvalue weighted by molar-refractivity contribution is 9.10. The summed E-state index contributed by atoms with van der Waals surface area (Å²) in [5.41, 5.74) is 1.66. The van der Waals surface area contributed by atoms with E-state index in [1.807, 2.05) is 24.3 Å². The molecule has 1 heterocycles. The number of carbonyl (C=O) groups is 1. The van der Waals surface area contributed by atoms with Crippen LogP contribution in [0.15, 0.2) is 46.9 Å². The van der Waals surface area contributed by atoms with E-state index in [1.165, 1.54) is 0 Å². The van der Waals surface area contributed by atoms with E-state index in [0.29, 0.717) is 23.6 Å². The largest absolute Gasteiger partial charge is 0.454 e. The highest BCUT2D eigenvalue weighted by atomic mass is 79.9. The first-order chi connectivity index (χ1) is 9.70. The predicted octanol–water partition coefficient (Wildman–Crippen LogP) is 3.36. The molecule has 5 heteroatoms. The van der Waals surface area contributed by atoms with Crippen molar-refractivity contribution in [3.63, 3.8) is 0 Å². The fourth-order valence-electron chi connectivity index (χ4n) is 2.01. The number of hydrogen-bond acceptors (Lipinski definition) is 3. The third-order valence-electron chi connectivity index (χ3n) is 2.91. The molecule has 0 aliphatic carbocycles. The average molecular weight is 334 g/mol. The van der Waals surface area contributed by atoms with Gasteiger partial charge in [0.25, 0.3) is 0 Å². The third kappa shape index (κ3) is 2.93. The molecule has 0 unspecified atom stereocenters. The van der Waals surface area contributed by atoms with Crippen LogP contribution in [-0.4, -0.2) is 12.7 Å². The lowest BCUT2D eigenvalue weighted by molar-refractivity contribution is -0.115. The molecule has 1 aliphatic heterocycles. The summed E-state index contributed by atoms with van der Waals surface area (Å²) in [7, 11) is 0. The van der Waals surface area contributed by atoms with Crippen molar-refractivity contribution >= 4 is 27.5 Å². The van der Waals surface area contributed by atoms with Gasteiger partial charge in [0, 0.05) is 16.2 Å². The van der Waals surface area contributed by atoms with E-state index in [-0.39, 0.29) is 12.7 Å². The summed E-state index contributed by atoms with van der Waals surface area (Å²) in [6.45, 7) is 0.227. The molecule has 20 heavy (non-hydrogen) atoms. The van der Waals surface area contributed by atoms with E-state index in [2.05, 4.69) is 21.2 Å². The predicted molar refractivity (Wildman–Crippen MR) is 79.0 cm³/mol. The van der Waals surface area contributed by atoms with Gasteiger partial charge in [-0.05, 0) is 29.8 Å². The van der Waals surface area contributed by atoms with E-state index in [9.17, 15) is 4.79 Å².